The average Bonchev–Trinajstić information content (AvgIpc) is 2.93. The van der Waals surface area contributed by atoms with Crippen molar-refractivity contribution in [2.45, 2.75) is 45.5 Å². The van der Waals surface area contributed by atoms with Gasteiger partial charge in [-0.1, -0.05) is 38.1 Å². The van der Waals surface area contributed by atoms with Gasteiger partial charge in [0, 0.05) is 25.0 Å². The first-order valence-corrected chi connectivity index (χ1v) is 7.80. The number of aromatic nitrogens is 1. The minimum atomic E-state index is 0.174. The van der Waals surface area contributed by atoms with Gasteiger partial charge in [0.05, 0.1) is 13.2 Å². The van der Waals surface area contributed by atoms with Gasteiger partial charge >= 0.3 is 0 Å². The topological polar surface area (TPSA) is 26.2 Å². The van der Waals surface area contributed by atoms with Gasteiger partial charge in [0.25, 0.3) is 0 Å². The Morgan fingerprint density at radius 3 is 3.00 bits per heavy atom. The summed E-state index contributed by atoms with van der Waals surface area (Å²) in [6.45, 7) is 6.98. The molecule has 2 aromatic rings. The smallest absolute Gasteiger partial charge is 0.101 e. The quantitative estimate of drug-likeness (QED) is 0.911. The summed E-state index contributed by atoms with van der Waals surface area (Å²) < 4.78 is 8.22. The maximum Gasteiger partial charge on any atom is 0.101 e. The van der Waals surface area contributed by atoms with E-state index in [1.54, 1.807) is 0 Å². The highest BCUT2D eigenvalue weighted by Gasteiger charge is 2.20. The Balaban J connectivity index is 1.67. The van der Waals surface area contributed by atoms with Crippen LogP contribution in [0.25, 0.3) is 0 Å². The normalized spacial score (nSPS) is 18.0. The first kappa shape index (κ1) is 14.4. The third-order valence-electron chi connectivity index (χ3n) is 4.00. The number of fused-ring (bicyclic) bond motifs is 1. The second-order valence-corrected chi connectivity index (χ2v) is 6.06. The summed E-state index contributed by atoms with van der Waals surface area (Å²) in [6, 6.07) is 11.3. The molecule has 0 saturated heterocycles. The fourth-order valence-electron chi connectivity index (χ4n) is 2.85. The zero-order chi connectivity index (χ0) is 14.7. The van der Waals surface area contributed by atoms with Crippen LogP contribution in [-0.4, -0.2) is 17.2 Å². The summed E-state index contributed by atoms with van der Waals surface area (Å²) in [4.78, 5) is 0. The maximum absolute atomic E-state index is 5.98. The number of nitrogens with one attached hydrogen (secondary N) is 1. The number of ether oxygens (including phenoxy) is 1. The van der Waals surface area contributed by atoms with Gasteiger partial charge in [-0.05, 0) is 29.2 Å². The van der Waals surface area contributed by atoms with E-state index in [4.69, 9.17) is 4.74 Å². The van der Waals surface area contributed by atoms with Crippen molar-refractivity contribution < 1.29 is 4.74 Å². The SMILES string of the molecule is CC(C)NCc1ccn(CC2OCCc3ccccc32)c1. The molecule has 1 aromatic carbocycles. The number of hydrogen-bond donors (Lipinski definition) is 1. The van der Waals surface area contributed by atoms with Crippen molar-refractivity contribution in [1.82, 2.24) is 9.88 Å². The molecule has 1 aliphatic rings. The first-order valence-electron chi connectivity index (χ1n) is 7.80. The molecule has 3 heteroatoms. The monoisotopic (exact) mass is 284 g/mol. The second kappa shape index (κ2) is 6.46. The van der Waals surface area contributed by atoms with E-state index in [2.05, 4.69) is 66.5 Å². The van der Waals surface area contributed by atoms with Crippen molar-refractivity contribution >= 4 is 0 Å². The Bertz CT molecular complexity index is 588. The largest absolute Gasteiger partial charge is 0.371 e. The van der Waals surface area contributed by atoms with E-state index in [1.807, 2.05) is 0 Å². The zero-order valence-corrected chi connectivity index (χ0v) is 12.9. The highest BCUT2D eigenvalue weighted by atomic mass is 16.5. The summed E-state index contributed by atoms with van der Waals surface area (Å²) in [5.41, 5.74) is 4.11. The average molecular weight is 284 g/mol. The van der Waals surface area contributed by atoms with Gasteiger partial charge in [-0.15, -0.1) is 0 Å². The Morgan fingerprint density at radius 1 is 1.29 bits per heavy atom. The first-order chi connectivity index (χ1) is 10.2. The maximum atomic E-state index is 5.98. The van der Waals surface area contributed by atoms with Crippen molar-refractivity contribution in [1.29, 1.82) is 0 Å². The van der Waals surface area contributed by atoms with Crippen molar-refractivity contribution in [3.05, 3.63) is 59.4 Å². The highest BCUT2D eigenvalue weighted by Crippen LogP contribution is 2.28. The molecule has 3 nitrogen and oxygen atoms in total. The van der Waals surface area contributed by atoms with E-state index in [-0.39, 0.29) is 6.10 Å². The van der Waals surface area contributed by atoms with Crippen LogP contribution in [0.2, 0.25) is 0 Å². The number of nitrogens with zero attached hydrogens (tertiary/aromatic N) is 1. The van der Waals surface area contributed by atoms with Crippen molar-refractivity contribution in [2.24, 2.45) is 0 Å². The molecule has 0 radical (unpaired) electrons. The lowest BCUT2D eigenvalue weighted by Gasteiger charge is -2.26. The molecule has 1 atom stereocenters. The lowest BCUT2D eigenvalue weighted by Crippen LogP contribution is -2.21. The van der Waals surface area contributed by atoms with Crippen LogP contribution >= 0.6 is 0 Å². The molecule has 0 spiro atoms. The Labute approximate surface area is 126 Å². The molecule has 0 bridgehead atoms. The minimum Gasteiger partial charge on any atom is -0.371 e. The van der Waals surface area contributed by atoms with Crippen LogP contribution in [0.15, 0.2) is 42.7 Å². The van der Waals surface area contributed by atoms with Gasteiger partial charge in [0.15, 0.2) is 0 Å². The molecule has 112 valence electrons. The van der Waals surface area contributed by atoms with Crippen molar-refractivity contribution in [3.8, 4) is 0 Å². The number of benzene rings is 1. The van der Waals surface area contributed by atoms with Crippen LogP contribution in [0.5, 0.6) is 0 Å². The summed E-state index contributed by atoms with van der Waals surface area (Å²) in [7, 11) is 0. The summed E-state index contributed by atoms with van der Waals surface area (Å²) in [5.74, 6) is 0. The van der Waals surface area contributed by atoms with E-state index >= 15 is 0 Å². The lowest BCUT2D eigenvalue weighted by molar-refractivity contribution is 0.0306. The summed E-state index contributed by atoms with van der Waals surface area (Å²) >= 11 is 0. The van der Waals surface area contributed by atoms with Gasteiger partial charge < -0.3 is 14.6 Å². The molecule has 0 amide bonds. The van der Waals surface area contributed by atoms with Gasteiger partial charge in [-0.25, -0.2) is 0 Å². The van der Waals surface area contributed by atoms with Crippen LogP contribution in [0.3, 0.4) is 0 Å². The predicted octanol–water partition coefficient (Wildman–Crippen LogP) is 3.30. The third kappa shape index (κ3) is 3.55. The molecule has 1 N–H and O–H groups in total. The van der Waals surface area contributed by atoms with Crippen molar-refractivity contribution in [3.63, 3.8) is 0 Å². The van der Waals surface area contributed by atoms with Gasteiger partial charge in [-0.2, -0.15) is 0 Å². The molecule has 2 heterocycles. The van der Waals surface area contributed by atoms with Crippen LogP contribution in [0.4, 0.5) is 0 Å². The van der Waals surface area contributed by atoms with E-state index in [0.29, 0.717) is 6.04 Å². The molecule has 1 unspecified atom stereocenters. The fourth-order valence-corrected chi connectivity index (χ4v) is 2.85. The van der Waals surface area contributed by atoms with E-state index in [0.717, 1.165) is 26.1 Å². The zero-order valence-electron chi connectivity index (χ0n) is 12.9. The molecule has 0 aliphatic carbocycles. The molecular formula is C18H24N2O. The predicted molar refractivity (Wildman–Crippen MR) is 85.2 cm³/mol. The number of rotatable bonds is 5. The molecule has 0 saturated carbocycles. The fraction of sp³-hybridized carbons (Fsp3) is 0.444. The van der Waals surface area contributed by atoms with Gasteiger partial charge in [0.2, 0.25) is 0 Å². The Morgan fingerprint density at radius 2 is 2.14 bits per heavy atom. The van der Waals surface area contributed by atoms with Crippen LogP contribution in [0.1, 0.15) is 36.6 Å². The van der Waals surface area contributed by atoms with Crippen LogP contribution in [-0.2, 0) is 24.2 Å². The van der Waals surface area contributed by atoms with Crippen LogP contribution in [0, 0.1) is 0 Å². The van der Waals surface area contributed by atoms with E-state index in [1.165, 1.54) is 16.7 Å². The lowest BCUT2D eigenvalue weighted by atomic mass is 9.97. The highest BCUT2D eigenvalue weighted by molar-refractivity contribution is 5.31. The van der Waals surface area contributed by atoms with Gasteiger partial charge in [-0.3, -0.25) is 0 Å². The summed E-state index contributed by atoms with van der Waals surface area (Å²) in [5, 5.41) is 3.45. The third-order valence-corrected chi connectivity index (χ3v) is 4.00. The summed E-state index contributed by atoms with van der Waals surface area (Å²) in [6.07, 6.45) is 5.57. The molecule has 3 rings (SSSR count). The van der Waals surface area contributed by atoms with E-state index in [9.17, 15) is 0 Å². The molecule has 21 heavy (non-hydrogen) atoms. The molecule has 1 aliphatic heterocycles. The Kier molecular flexibility index (Phi) is 4.42. The second-order valence-electron chi connectivity index (χ2n) is 6.06. The molecular weight excluding hydrogens is 260 g/mol. The Hall–Kier alpha value is -1.58. The minimum absolute atomic E-state index is 0.174. The molecule has 1 aromatic heterocycles. The molecule has 0 fully saturated rings. The number of hydrogen-bond acceptors (Lipinski definition) is 2. The standard InChI is InChI=1S/C18H24N2O/c1-14(2)19-11-15-7-9-20(12-15)13-18-17-6-4-3-5-16(17)8-10-21-18/h3-7,9,12,14,18-19H,8,10-11,13H2,1-2H3. The van der Waals surface area contributed by atoms with Crippen molar-refractivity contribution in [2.75, 3.05) is 6.61 Å². The van der Waals surface area contributed by atoms with E-state index < -0.39 is 0 Å². The van der Waals surface area contributed by atoms with Crippen LogP contribution < -0.4 is 5.32 Å². The van der Waals surface area contributed by atoms with Gasteiger partial charge in [0.1, 0.15) is 6.10 Å².